The van der Waals surface area contributed by atoms with Gasteiger partial charge in [-0.15, -0.1) is 0 Å². The van der Waals surface area contributed by atoms with Gasteiger partial charge in [0.15, 0.2) is 6.61 Å². The van der Waals surface area contributed by atoms with Crippen molar-refractivity contribution in [3.8, 4) is 5.75 Å². The van der Waals surface area contributed by atoms with Gasteiger partial charge in [0.1, 0.15) is 22.9 Å². The van der Waals surface area contributed by atoms with Crippen LogP contribution in [0.5, 0.6) is 5.75 Å². The number of benzene rings is 1. The fourth-order valence-corrected chi connectivity index (χ4v) is 2.29. The van der Waals surface area contributed by atoms with E-state index in [0.29, 0.717) is 0 Å². The summed E-state index contributed by atoms with van der Waals surface area (Å²) in [6.45, 7) is -0.352. The van der Waals surface area contributed by atoms with Crippen molar-refractivity contribution in [2.75, 3.05) is 26.1 Å². The first-order chi connectivity index (χ1) is 11.8. The van der Waals surface area contributed by atoms with Gasteiger partial charge in [0, 0.05) is 7.11 Å². The zero-order valence-electron chi connectivity index (χ0n) is 13.2. The van der Waals surface area contributed by atoms with Gasteiger partial charge in [-0.05, 0) is 18.2 Å². The van der Waals surface area contributed by atoms with E-state index in [-0.39, 0.29) is 29.7 Å². The number of nitrogen functional groups attached to an aromatic ring is 1. The maximum atomic E-state index is 13.0. The summed E-state index contributed by atoms with van der Waals surface area (Å²) < 4.78 is 24.1. The molecule has 0 saturated heterocycles. The minimum atomic E-state index is -0.921. The van der Waals surface area contributed by atoms with Crippen LogP contribution in [0.3, 0.4) is 0 Å². The minimum Gasteiger partial charge on any atom is -0.484 e. The number of ketones is 1. The van der Waals surface area contributed by atoms with Crippen molar-refractivity contribution >= 4 is 23.2 Å². The topological polar surface area (TPSA) is 116 Å². The Morgan fingerprint density at radius 3 is 2.76 bits per heavy atom. The molecule has 1 aromatic carbocycles. The fraction of sp³-hybridized carbons (Fsp3) is 0.267. The number of aromatic amines is 1. The Labute approximate surface area is 145 Å². The molecule has 0 spiro atoms. The number of rotatable bonds is 7. The first-order valence-electron chi connectivity index (χ1n) is 7.07. The third-order valence-electron chi connectivity index (χ3n) is 3.29. The lowest BCUT2D eigenvalue weighted by Gasteiger charge is -2.12. The summed E-state index contributed by atoms with van der Waals surface area (Å²) in [7, 11) is 1.43. The highest BCUT2D eigenvalue weighted by molar-refractivity contribution is 6.32. The Bertz CT molecular complexity index is 909. The maximum absolute atomic E-state index is 13.0. The van der Waals surface area contributed by atoms with Gasteiger partial charge in [0.25, 0.3) is 5.56 Å². The van der Waals surface area contributed by atoms with Crippen LogP contribution < -0.4 is 21.7 Å². The molecule has 0 unspecified atom stereocenters. The molecular formula is C15H15ClFN3O5. The van der Waals surface area contributed by atoms with Crippen LogP contribution >= 0.6 is 11.6 Å². The van der Waals surface area contributed by atoms with Crippen molar-refractivity contribution in [2.24, 2.45) is 0 Å². The van der Waals surface area contributed by atoms with Gasteiger partial charge in [-0.1, -0.05) is 11.6 Å². The molecule has 0 atom stereocenters. The van der Waals surface area contributed by atoms with E-state index in [9.17, 15) is 18.8 Å². The van der Waals surface area contributed by atoms with E-state index in [1.807, 2.05) is 4.98 Å². The molecule has 0 fully saturated rings. The van der Waals surface area contributed by atoms with E-state index in [1.165, 1.54) is 13.2 Å². The van der Waals surface area contributed by atoms with Crippen molar-refractivity contribution in [3.05, 3.63) is 55.4 Å². The quantitative estimate of drug-likeness (QED) is 0.696. The Kier molecular flexibility index (Phi) is 5.94. The standard InChI is InChI=1S/C15H15ClFN3O5/c1-24-5-4-20-13(18)12(14(22)19-15(20)23)10(21)7-25-11-3-2-8(17)6-9(11)16/h2-3,6H,4-5,7,18H2,1H3,(H,19,22,23). The number of nitrogens with one attached hydrogen (secondary N) is 1. The lowest BCUT2D eigenvalue weighted by atomic mass is 10.2. The van der Waals surface area contributed by atoms with Crippen molar-refractivity contribution in [3.63, 3.8) is 0 Å². The van der Waals surface area contributed by atoms with Gasteiger partial charge in [-0.3, -0.25) is 19.1 Å². The molecule has 0 aliphatic heterocycles. The van der Waals surface area contributed by atoms with E-state index in [1.54, 1.807) is 0 Å². The molecule has 2 rings (SSSR count). The number of methoxy groups -OCH3 is 1. The zero-order chi connectivity index (χ0) is 18.6. The molecule has 10 heteroatoms. The third kappa shape index (κ3) is 4.25. The van der Waals surface area contributed by atoms with Gasteiger partial charge < -0.3 is 15.2 Å². The lowest BCUT2D eigenvalue weighted by Crippen LogP contribution is -2.37. The SMILES string of the molecule is COCCn1c(N)c(C(=O)COc2ccc(F)cc2Cl)c(=O)[nH]c1=O. The summed E-state index contributed by atoms with van der Waals surface area (Å²) in [5, 5.41) is -0.0280. The predicted octanol–water partition coefficient (Wildman–Crippen LogP) is 0.819. The molecule has 25 heavy (non-hydrogen) atoms. The number of carbonyl (C=O) groups excluding carboxylic acids is 1. The number of hydrogen-bond donors (Lipinski definition) is 2. The second-order valence-corrected chi connectivity index (χ2v) is 5.36. The molecule has 134 valence electrons. The van der Waals surface area contributed by atoms with E-state index >= 15 is 0 Å². The summed E-state index contributed by atoms with van der Waals surface area (Å²) in [4.78, 5) is 38.0. The normalized spacial score (nSPS) is 10.7. The van der Waals surface area contributed by atoms with Gasteiger partial charge in [0.05, 0.1) is 18.2 Å². The molecule has 1 aromatic heterocycles. The third-order valence-corrected chi connectivity index (χ3v) is 3.59. The van der Waals surface area contributed by atoms with Crippen molar-refractivity contribution in [2.45, 2.75) is 6.54 Å². The Hall–Kier alpha value is -2.65. The van der Waals surface area contributed by atoms with Gasteiger partial charge in [0.2, 0.25) is 5.78 Å². The Morgan fingerprint density at radius 2 is 2.12 bits per heavy atom. The van der Waals surface area contributed by atoms with Crippen molar-refractivity contribution < 1.29 is 18.7 Å². The minimum absolute atomic E-state index is 0.0280. The summed E-state index contributed by atoms with van der Waals surface area (Å²) in [6, 6.07) is 3.38. The fourth-order valence-electron chi connectivity index (χ4n) is 2.07. The second-order valence-electron chi connectivity index (χ2n) is 4.95. The highest BCUT2D eigenvalue weighted by Crippen LogP contribution is 2.25. The van der Waals surface area contributed by atoms with Crippen LogP contribution in [0.4, 0.5) is 10.2 Å². The summed E-state index contributed by atoms with van der Waals surface area (Å²) >= 11 is 5.80. The van der Waals surface area contributed by atoms with Crippen molar-refractivity contribution in [1.82, 2.24) is 9.55 Å². The predicted molar refractivity (Wildman–Crippen MR) is 88.8 cm³/mol. The highest BCUT2D eigenvalue weighted by Gasteiger charge is 2.20. The van der Waals surface area contributed by atoms with Crippen LogP contribution in [0.15, 0.2) is 27.8 Å². The monoisotopic (exact) mass is 371 g/mol. The first-order valence-corrected chi connectivity index (χ1v) is 7.45. The molecule has 0 aliphatic carbocycles. The summed E-state index contributed by atoms with van der Waals surface area (Å²) in [5.74, 6) is -1.54. The molecule has 0 aliphatic rings. The first kappa shape index (κ1) is 18.7. The molecule has 2 aromatic rings. The second kappa shape index (κ2) is 7.95. The van der Waals surface area contributed by atoms with Gasteiger partial charge in [-0.25, -0.2) is 9.18 Å². The smallest absolute Gasteiger partial charge is 0.330 e. The molecule has 1 heterocycles. The summed E-state index contributed by atoms with van der Waals surface area (Å²) in [5.41, 5.74) is 3.70. The van der Waals surface area contributed by atoms with E-state index < -0.39 is 35.0 Å². The van der Waals surface area contributed by atoms with Gasteiger partial charge >= 0.3 is 5.69 Å². The van der Waals surface area contributed by atoms with Crippen molar-refractivity contribution in [1.29, 1.82) is 0 Å². The zero-order valence-corrected chi connectivity index (χ0v) is 13.9. The number of nitrogens with two attached hydrogens (primary N) is 1. The molecule has 0 amide bonds. The number of aromatic nitrogens is 2. The van der Waals surface area contributed by atoms with E-state index in [2.05, 4.69) is 0 Å². The number of carbonyl (C=O) groups is 1. The van der Waals surface area contributed by atoms with Crippen LogP contribution in [0.1, 0.15) is 10.4 Å². The maximum Gasteiger partial charge on any atom is 0.330 e. The number of H-pyrrole nitrogens is 1. The van der Waals surface area contributed by atoms with Crippen LogP contribution in [0, 0.1) is 5.82 Å². The average molecular weight is 372 g/mol. The number of anilines is 1. The number of nitrogens with zero attached hydrogens (tertiary/aromatic N) is 1. The summed E-state index contributed by atoms with van der Waals surface area (Å²) in [6.07, 6.45) is 0. The van der Waals surface area contributed by atoms with Crippen LogP contribution in [0.25, 0.3) is 0 Å². The Balaban J connectivity index is 2.26. The Morgan fingerprint density at radius 1 is 1.40 bits per heavy atom. The molecule has 0 radical (unpaired) electrons. The number of ether oxygens (including phenoxy) is 2. The molecule has 0 saturated carbocycles. The molecular weight excluding hydrogens is 357 g/mol. The van der Waals surface area contributed by atoms with E-state index in [0.717, 1.165) is 16.7 Å². The lowest BCUT2D eigenvalue weighted by molar-refractivity contribution is 0.0920. The van der Waals surface area contributed by atoms with Gasteiger partial charge in [-0.2, -0.15) is 0 Å². The number of Topliss-reactive ketones (excluding diaryl/α,β-unsaturated/α-hetero) is 1. The van der Waals surface area contributed by atoms with Crippen LogP contribution in [0.2, 0.25) is 5.02 Å². The van der Waals surface area contributed by atoms with Crippen LogP contribution in [-0.2, 0) is 11.3 Å². The highest BCUT2D eigenvalue weighted by atomic mass is 35.5. The average Bonchev–Trinajstić information content (AvgIpc) is 2.53. The number of halogens is 2. The largest absolute Gasteiger partial charge is 0.484 e. The molecule has 0 bridgehead atoms. The molecule has 8 nitrogen and oxygen atoms in total. The number of hydrogen-bond acceptors (Lipinski definition) is 6. The van der Waals surface area contributed by atoms with Crippen LogP contribution in [-0.4, -0.2) is 35.7 Å². The van der Waals surface area contributed by atoms with E-state index in [4.69, 9.17) is 26.8 Å². The molecule has 3 N–H and O–H groups in total.